The molecular weight excluding hydrogens is 213 g/mol. The summed E-state index contributed by atoms with van der Waals surface area (Å²) >= 11 is 1.04. The Morgan fingerprint density at radius 1 is 1.69 bits per heavy atom. The highest BCUT2D eigenvalue weighted by atomic mass is 32.2. The molecule has 7 heteroatoms. The van der Waals surface area contributed by atoms with Crippen LogP contribution >= 0.6 is 20.0 Å². The van der Waals surface area contributed by atoms with Gasteiger partial charge in [-0.05, 0) is 13.8 Å². The number of carbonyl (C=O) groups excluding carboxylic acids is 1. The van der Waals surface area contributed by atoms with E-state index in [1.165, 1.54) is 0 Å². The summed E-state index contributed by atoms with van der Waals surface area (Å²) in [6, 6.07) is 0.109. The van der Waals surface area contributed by atoms with Gasteiger partial charge in [-0.15, -0.1) is 0 Å². The third kappa shape index (κ3) is 9.89. The van der Waals surface area contributed by atoms with Crippen molar-refractivity contribution >= 4 is 25.3 Å². The van der Waals surface area contributed by atoms with Gasteiger partial charge in [-0.25, -0.2) is 0 Å². The fourth-order valence-electron chi connectivity index (χ4n) is 0.541. The summed E-state index contributed by atoms with van der Waals surface area (Å²) in [5.41, 5.74) is 0. The van der Waals surface area contributed by atoms with Gasteiger partial charge in [0.1, 0.15) is 0 Å². The molecule has 5 nitrogen and oxygen atoms in total. The summed E-state index contributed by atoms with van der Waals surface area (Å²) < 4.78 is 14.5. The molecule has 0 rings (SSSR count). The Labute approximate surface area is 82.2 Å². The van der Waals surface area contributed by atoms with Crippen molar-refractivity contribution < 1.29 is 18.8 Å². The second kappa shape index (κ2) is 7.38. The molecule has 0 aromatic carbocycles. The van der Waals surface area contributed by atoms with Gasteiger partial charge >= 0.3 is 8.25 Å². The van der Waals surface area contributed by atoms with Gasteiger partial charge < -0.3 is 14.7 Å². The van der Waals surface area contributed by atoms with E-state index >= 15 is 0 Å². The zero-order valence-electron chi connectivity index (χ0n) is 7.57. The van der Waals surface area contributed by atoms with Crippen molar-refractivity contribution in [1.29, 1.82) is 0 Å². The lowest BCUT2D eigenvalue weighted by Gasteiger charge is -2.06. The smallest absolute Gasteiger partial charge is 0.316 e. The molecule has 0 aromatic heterocycles. The number of hydrogen-bond donors (Lipinski definition) is 2. The summed E-state index contributed by atoms with van der Waals surface area (Å²) in [4.78, 5) is 19.2. The third-order valence-corrected chi connectivity index (χ3v) is 2.15. The van der Waals surface area contributed by atoms with Crippen molar-refractivity contribution in [2.24, 2.45) is 0 Å². The van der Waals surface area contributed by atoms with Crippen molar-refractivity contribution in [1.82, 2.24) is 5.32 Å². The summed E-state index contributed by atoms with van der Waals surface area (Å²) in [6.45, 7) is 3.84. The van der Waals surface area contributed by atoms with Crippen LogP contribution in [0.1, 0.15) is 13.8 Å². The zero-order chi connectivity index (χ0) is 10.3. The molecule has 0 fully saturated rings. The molecule has 0 aliphatic heterocycles. The zero-order valence-corrected chi connectivity index (χ0v) is 9.39. The highest BCUT2D eigenvalue weighted by Crippen LogP contribution is 2.14. The fraction of sp³-hybridized carbons (Fsp3) is 0.833. The van der Waals surface area contributed by atoms with E-state index in [1.807, 2.05) is 13.8 Å². The van der Waals surface area contributed by atoms with Gasteiger partial charge in [-0.1, -0.05) is 11.8 Å². The average molecular weight is 227 g/mol. The van der Waals surface area contributed by atoms with E-state index < -0.39 is 8.25 Å². The molecule has 13 heavy (non-hydrogen) atoms. The van der Waals surface area contributed by atoms with Crippen molar-refractivity contribution in [2.75, 3.05) is 12.4 Å². The van der Waals surface area contributed by atoms with Crippen LogP contribution in [-0.4, -0.2) is 28.5 Å². The minimum absolute atomic E-state index is 0.109. The van der Waals surface area contributed by atoms with Gasteiger partial charge in [0, 0.05) is 11.8 Å². The first-order valence-corrected chi connectivity index (χ1v) is 6.06. The van der Waals surface area contributed by atoms with Crippen LogP contribution in [0.5, 0.6) is 0 Å². The highest BCUT2D eigenvalue weighted by Gasteiger charge is 2.03. The second-order valence-electron chi connectivity index (χ2n) is 2.55. The lowest BCUT2D eigenvalue weighted by atomic mass is 10.4. The summed E-state index contributed by atoms with van der Waals surface area (Å²) in [5.74, 6) is 0.384. The number of thioether (sulfide) groups is 1. The van der Waals surface area contributed by atoms with Crippen molar-refractivity contribution in [2.45, 2.75) is 19.9 Å². The summed E-state index contributed by atoms with van der Waals surface area (Å²) in [6.07, 6.45) is 0. The lowest BCUT2D eigenvalue weighted by Crippen LogP contribution is -2.26. The molecule has 0 saturated carbocycles. The van der Waals surface area contributed by atoms with Crippen LogP contribution in [0.25, 0.3) is 0 Å². The van der Waals surface area contributed by atoms with Crippen LogP contribution in [-0.2, 0) is 9.09 Å². The van der Waals surface area contributed by atoms with Crippen LogP contribution in [0.2, 0.25) is 0 Å². The minimum atomic E-state index is -2.85. The van der Waals surface area contributed by atoms with Gasteiger partial charge in [0.15, 0.2) is 0 Å². The second-order valence-corrected chi connectivity index (χ2v) is 4.44. The maximum atomic E-state index is 11.0. The van der Waals surface area contributed by atoms with E-state index in [-0.39, 0.29) is 17.9 Å². The van der Waals surface area contributed by atoms with E-state index in [0.717, 1.165) is 11.8 Å². The van der Waals surface area contributed by atoms with Crippen LogP contribution < -0.4 is 5.32 Å². The number of amides is 1. The Hall–Kier alpha value is -0.0300. The lowest BCUT2D eigenvalue weighted by molar-refractivity contribution is 0.258. The van der Waals surface area contributed by atoms with Gasteiger partial charge in [-0.2, -0.15) is 0 Å². The Balaban J connectivity index is 3.32. The number of hydrogen-bond acceptors (Lipinski definition) is 4. The SMILES string of the molecule is CC(C)NC(=O)SCCO[PH](=O)O. The maximum Gasteiger partial charge on any atom is 0.316 e. The highest BCUT2D eigenvalue weighted by molar-refractivity contribution is 8.13. The monoisotopic (exact) mass is 227 g/mol. The van der Waals surface area contributed by atoms with Gasteiger partial charge in [0.2, 0.25) is 0 Å². The van der Waals surface area contributed by atoms with Gasteiger partial charge in [-0.3, -0.25) is 9.36 Å². The molecule has 0 heterocycles. The molecule has 1 atom stereocenters. The topological polar surface area (TPSA) is 75.6 Å². The van der Waals surface area contributed by atoms with E-state index in [9.17, 15) is 9.36 Å². The van der Waals surface area contributed by atoms with Crippen LogP contribution in [0, 0.1) is 0 Å². The van der Waals surface area contributed by atoms with Gasteiger partial charge in [0.25, 0.3) is 5.24 Å². The summed E-state index contributed by atoms with van der Waals surface area (Å²) in [7, 11) is -2.85. The normalized spacial score (nSPS) is 12.9. The first kappa shape index (κ1) is 13.0. The molecule has 0 aromatic rings. The molecule has 2 N–H and O–H groups in total. The quantitative estimate of drug-likeness (QED) is 0.546. The molecule has 0 saturated heterocycles. The Kier molecular flexibility index (Phi) is 7.36. The largest absolute Gasteiger partial charge is 0.345 e. The van der Waals surface area contributed by atoms with E-state index in [0.29, 0.717) is 5.75 Å². The van der Waals surface area contributed by atoms with Gasteiger partial charge in [0.05, 0.1) is 6.61 Å². The average Bonchev–Trinajstić information content (AvgIpc) is 1.96. The Morgan fingerprint density at radius 2 is 2.31 bits per heavy atom. The van der Waals surface area contributed by atoms with Crippen LogP contribution in [0.4, 0.5) is 4.79 Å². The van der Waals surface area contributed by atoms with E-state index in [2.05, 4.69) is 9.84 Å². The fourth-order valence-corrected chi connectivity index (χ4v) is 1.64. The molecule has 0 aliphatic carbocycles. The number of rotatable bonds is 5. The van der Waals surface area contributed by atoms with Crippen LogP contribution in [0.15, 0.2) is 0 Å². The molecule has 1 amide bonds. The molecule has 0 bridgehead atoms. The van der Waals surface area contributed by atoms with Crippen molar-refractivity contribution in [3.63, 3.8) is 0 Å². The number of carbonyl (C=O) groups is 1. The predicted octanol–water partition coefficient (Wildman–Crippen LogP) is 1.24. The Morgan fingerprint density at radius 3 is 2.77 bits per heavy atom. The molecule has 0 radical (unpaired) electrons. The van der Waals surface area contributed by atoms with Crippen molar-refractivity contribution in [3.05, 3.63) is 0 Å². The molecule has 1 unspecified atom stereocenters. The first-order valence-electron chi connectivity index (χ1n) is 3.81. The molecule has 0 spiro atoms. The summed E-state index contributed by atoms with van der Waals surface area (Å²) in [5, 5.41) is 2.52. The Bertz CT molecular complexity index is 187. The minimum Gasteiger partial charge on any atom is -0.345 e. The predicted molar refractivity (Wildman–Crippen MR) is 53.3 cm³/mol. The maximum absolute atomic E-state index is 11.0. The standard InChI is InChI=1S/C6H14NO4PS/c1-5(2)7-6(8)13-4-3-11-12(9)10/h5,12H,3-4H2,1-2H3,(H,7,8)(H,9,10). The van der Waals surface area contributed by atoms with Crippen molar-refractivity contribution in [3.8, 4) is 0 Å². The molecule has 78 valence electrons. The number of nitrogens with one attached hydrogen (secondary N) is 1. The van der Waals surface area contributed by atoms with E-state index in [4.69, 9.17) is 4.89 Å². The third-order valence-electron chi connectivity index (χ3n) is 0.949. The first-order chi connectivity index (χ1) is 6.02. The molecule has 0 aliphatic rings. The van der Waals surface area contributed by atoms with E-state index in [1.54, 1.807) is 0 Å². The van der Waals surface area contributed by atoms with Crippen LogP contribution in [0.3, 0.4) is 0 Å². The molecular formula is C6H14NO4PS.